The number of aromatic nitrogens is 1. The summed E-state index contributed by atoms with van der Waals surface area (Å²) in [6, 6.07) is 2.14. The second-order valence-electron chi connectivity index (χ2n) is 7.36. The summed E-state index contributed by atoms with van der Waals surface area (Å²) < 4.78 is 5.42. The van der Waals surface area contributed by atoms with Crippen molar-refractivity contribution in [3.8, 4) is 0 Å². The van der Waals surface area contributed by atoms with Crippen molar-refractivity contribution in [1.82, 2.24) is 15.2 Å². The Labute approximate surface area is 135 Å². The third-order valence-corrected chi connectivity index (χ3v) is 6.16. The molecule has 1 amide bonds. The minimum absolute atomic E-state index is 0.0440. The van der Waals surface area contributed by atoms with Crippen LogP contribution in [0.5, 0.6) is 0 Å². The first-order valence-corrected chi connectivity index (χ1v) is 8.57. The number of amides is 1. The van der Waals surface area contributed by atoms with E-state index in [1.807, 2.05) is 13.0 Å². The number of hydrogen-bond donors (Lipinski definition) is 1. The van der Waals surface area contributed by atoms with Gasteiger partial charge in [-0.3, -0.25) is 9.69 Å². The highest BCUT2D eigenvalue weighted by Gasteiger charge is 2.60. The lowest BCUT2D eigenvalue weighted by Crippen LogP contribution is -2.65. The molecule has 1 saturated carbocycles. The van der Waals surface area contributed by atoms with Gasteiger partial charge in [-0.2, -0.15) is 0 Å². The van der Waals surface area contributed by atoms with Gasteiger partial charge < -0.3 is 9.73 Å². The van der Waals surface area contributed by atoms with E-state index < -0.39 is 0 Å². The summed E-state index contributed by atoms with van der Waals surface area (Å²) in [5.41, 5.74) is 2.53. The van der Waals surface area contributed by atoms with Gasteiger partial charge in [0.1, 0.15) is 5.69 Å². The van der Waals surface area contributed by atoms with E-state index in [-0.39, 0.29) is 11.4 Å². The molecule has 4 aliphatic rings. The second-order valence-corrected chi connectivity index (χ2v) is 7.36. The second kappa shape index (κ2) is 4.57. The minimum atomic E-state index is -0.0440. The zero-order valence-electron chi connectivity index (χ0n) is 13.3. The predicted octanol–water partition coefficient (Wildman–Crippen LogP) is 2.49. The van der Waals surface area contributed by atoms with Gasteiger partial charge in [0, 0.05) is 10.9 Å². The number of carbonyl (C=O) groups excluding carboxylic acids is 1. The van der Waals surface area contributed by atoms with Gasteiger partial charge in [0.25, 0.3) is 5.91 Å². The van der Waals surface area contributed by atoms with E-state index in [0.29, 0.717) is 17.7 Å². The highest BCUT2D eigenvalue weighted by Crippen LogP contribution is 2.53. The summed E-state index contributed by atoms with van der Waals surface area (Å²) in [6.07, 6.45) is 8.23. The van der Waals surface area contributed by atoms with Crippen molar-refractivity contribution in [2.24, 2.45) is 5.92 Å². The predicted molar refractivity (Wildman–Crippen MR) is 86.3 cm³/mol. The van der Waals surface area contributed by atoms with Crippen LogP contribution in [-0.4, -0.2) is 40.5 Å². The molecule has 1 N–H and O–H groups in total. The third kappa shape index (κ3) is 1.89. The van der Waals surface area contributed by atoms with Crippen molar-refractivity contribution in [3.05, 3.63) is 29.8 Å². The first kappa shape index (κ1) is 13.5. The standard InChI is InChI=1S/C18H21N3O2/c1-11-10-23-15-9-19-14(8-13(11)15)17(22)20-16-12-2-6-21(7-3-12)18(16)4-5-18/h8-10,12,16H,2-7H2,1H3,(H,20,22). The van der Waals surface area contributed by atoms with E-state index in [2.05, 4.69) is 15.2 Å². The van der Waals surface area contributed by atoms with Crippen LogP contribution in [0.2, 0.25) is 0 Å². The molecule has 3 saturated heterocycles. The SMILES string of the molecule is Cc1coc2cnc(C(=O)NC3C4CCN(CC4)C34CC4)cc12. The smallest absolute Gasteiger partial charge is 0.270 e. The Morgan fingerprint density at radius 1 is 1.39 bits per heavy atom. The normalized spacial score (nSPS) is 30.7. The molecule has 3 aliphatic heterocycles. The van der Waals surface area contributed by atoms with Crippen LogP contribution in [-0.2, 0) is 0 Å². The number of nitrogens with one attached hydrogen (secondary N) is 1. The van der Waals surface area contributed by atoms with Crippen molar-refractivity contribution >= 4 is 16.9 Å². The molecule has 0 radical (unpaired) electrons. The number of piperidine rings is 3. The van der Waals surface area contributed by atoms with Gasteiger partial charge in [0.15, 0.2) is 5.58 Å². The van der Waals surface area contributed by atoms with Crippen molar-refractivity contribution in [2.75, 3.05) is 13.1 Å². The molecule has 23 heavy (non-hydrogen) atoms. The average molecular weight is 311 g/mol. The highest BCUT2D eigenvalue weighted by atomic mass is 16.3. The average Bonchev–Trinajstić information content (AvgIpc) is 3.28. The van der Waals surface area contributed by atoms with Gasteiger partial charge in [0.05, 0.1) is 18.5 Å². The summed E-state index contributed by atoms with van der Waals surface area (Å²) in [5.74, 6) is 0.586. The van der Waals surface area contributed by atoms with Crippen molar-refractivity contribution in [3.63, 3.8) is 0 Å². The zero-order valence-corrected chi connectivity index (χ0v) is 13.3. The molecule has 1 spiro atoms. The summed E-state index contributed by atoms with van der Waals surface area (Å²) in [6.45, 7) is 4.39. The Bertz CT molecular complexity index is 785. The van der Waals surface area contributed by atoms with Gasteiger partial charge in [-0.25, -0.2) is 4.98 Å². The number of furan rings is 1. The molecule has 1 aliphatic carbocycles. The maximum Gasteiger partial charge on any atom is 0.270 e. The van der Waals surface area contributed by atoms with Gasteiger partial charge in [0.2, 0.25) is 0 Å². The number of aryl methyl sites for hydroxylation is 1. The summed E-state index contributed by atoms with van der Waals surface area (Å²) in [5, 5.41) is 4.29. The molecule has 120 valence electrons. The first-order chi connectivity index (χ1) is 11.2. The number of carbonyl (C=O) groups is 1. The molecule has 5 heteroatoms. The summed E-state index contributed by atoms with van der Waals surface area (Å²) >= 11 is 0. The van der Waals surface area contributed by atoms with Crippen LogP contribution in [0.3, 0.4) is 0 Å². The molecule has 1 atom stereocenters. The van der Waals surface area contributed by atoms with E-state index >= 15 is 0 Å². The van der Waals surface area contributed by atoms with E-state index in [1.165, 1.54) is 38.8 Å². The zero-order chi connectivity index (χ0) is 15.6. The topological polar surface area (TPSA) is 58.4 Å². The Kier molecular flexibility index (Phi) is 2.69. The van der Waals surface area contributed by atoms with Crippen molar-refractivity contribution in [2.45, 2.75) is 44.2 Å². The monoisotopic (exact) mass is 311 g/mol. The van der Waals surface area contributed by atoms with Crippen LogP contribution in [0, 0.1) is 12.8 Å². The van der Waals surface area contributed by atoms with E-state index in [9.17, 15) is 4.79 Å². The Morgan fingerprint density at radius 3 is 2.91 bits per heavy atom. The van der Waals surface area contributed by atoms with Crippen molar-refractivity contribution in [1.29, 1.82) is 0 Å². The highest BCUT2D eigenvalue weighted by molar-refractivity contribution is 5.96. The fourth-order valence-corrected chi connectivity index (χ4v) is 4.72. The molecular formula is C18H21N3O2. The molecule has 5 nitrogen and oxygen atoms in total. The van der Waals surface area contributed by atoms with Crippen LogP contribution in [0.4, 0.5) is 0 Å². The van der Waals surface area contributed by atoms with E-state index in [4.69, 9.17) is 4.42 Å². The maximum absolute atomic E-state index is 12.8. The Hall–Kier alpha value is -1.88. The van der Waals surface area contributed by atoms with Gasteiger partial charge >= 0.3 is 0 Å². The largest absolute Gasteiger partial charge is 0.462 e. The summed E-state index contributed by atoms with van der Waals surface area (Å²) in [4.78, 5) is 19.7. The maximum atomic E-state index is 12.8. The van der Waals surface area contributed by atoms with Crippen LogP contribution < -0.4 is 5.32 Å². The van der Waals surface area contributed by atoms with E-state index in [1.54, 1.807) is 12.5 Å². The van der Waals surface area contributed by atoms with Gasteiger partial charge in [-0.15, -0.1) is 0 Å². The van der Waals surface area contributed by atoms with E-state index in [0.717, 1.165) is 16.5 Å². The summed E-state index contributed by atoms with van der Waals surface area (Å²) in [7, 11) is 0. The number of hydrogen-bond acceptors (Lipinski definition) is 4. The molecule has 0 aromatic carbocycles. The van der Waals surface area contributed by atoms with Crippen LogP contribution >= 0.6 is 0 Å². The molecule has 5 heterocycles. The van der Waals surface area contributed by atoms with Crippen LogP contribution in [0.25, 0.3) is 11.0 Å². The molecule has 6 rings (SSSR count). The molecule has 2 aromatic rings. The van der Waals surface area contributed by atoms with Gasteiger partial charge in [-0.05, 0) is 63.2 Å². The minimum Gasteiger partial charge on any atom is -0.462 e. The first-order valence-electron chi connectivity index (χ1n) is 8.57. The number of nitrogens with zero attached hydrogens (tertiary/aromatic N) is 2. The fourth-order valence-electron chi connectivity index (χ4n) is 4.72. The number of fused-ring (bicyclic) bond motifs is 3. The fraction of sp³-hybridized carbons (Fsp3) is 0.556. The third-order valence-electron chi connectivity index (χ3n) is 6.16. The quantitative estimate of drug-likeness (QED) is 0.926. The van der Waals surface area contributed by atoms with Crippen LogP contribution in [0.1, 0.15) is 41.7 Å². The Morgan fingerprint density at radius 2 is 2.17 bits per heavy atom. The lowest BCUT2D eigenvalue weighted by molar-refractivity contribution is -0.00152. The molecule has 1 unspecified atom stereocenters. The number of rotatable bonds is 2. The molecule has 2 aromatic heterocycles. The lowest BCUT2D eigenvalue weighted by Gasteiger charge is -2.52. The lowest BCUT2D eigenvalue weighted by atomic mass is 9.77. The molecule has 4 fully saturated rings. The van der Waals surface area contributed by atoms with Crippen LogP contribution in [0.15, 0.2) is 22.9 Å². The molecule has 2 bridgehead atoms. The van der Waals surface area contributed by atoms with Gasteiger partial charge in [-0.1, -0.05) is 0 Å². The Balaban J connectivity index is 1.43. The molecular weight excluding hydrogens is 290 g/mol. The van der Waals surface area contributed by atoms with Crippen molar-refractivity contribution < 1.29 is 9.21 Å². The number of pyridine rings is 1.